The molecule has 3 aromatic heterocycles. The van der Waals surface area contributed by atoms with E-state index in [4.69, 9.17) is 5.84 Å². The molecule has 9 heteroatoms. The number of H-pyrrole nitrogens is 2. The molecule has 8 nitrogen and oxygen atoms in total. The summed E-state index contributed by atoms with van der Waals surface area (Å²) in [4.78, 5) is 16.0. The van der Waals surface area contributed by atoms with Crippen LogP contribution in [-0.2, 0) is 16.5 Å². The summed E-state index contributed by atoms with van der Waals surface area (Å²) in [5, 5.41) is 0. The van der Waals surface area contributed by atoms with E-state index in [0.717, 1.165) is 51.4 Å². The quantitative estimate of drug-likeness (QED) is 0.0483. The van der Waals surface area contributed by atoms with Gasteiger partial charge in [0.15, 0.2) is 0 Å². The van der Waals surface area contributed by atoms with Crippen LogP contribution >= 0.6 is 0 Å². The molecule has 39 heavy (non-hydrogen) atoms. The number of nitrogens with zero attached hydrogens (tertiary/aromatic N) is 2. The van der Waals surface area contributed by atoms with Gasteiger partial charge in [-0.2, -0.15) is 11.1 Å². The van der Waals surface area contributed by atoms with Crippen molar-refractivity contribution in [2.75, 3.05) is 6.54 Å². The molecule has 0 spiro atoms. The van der Waals surface area contributed by atoms with E-state index < -0.39 is 0 Å². The van der Waals surface area contributed by atoms with Gasteiger partial charge in [0.25, 0.3) is 0 Å². The fraction of sp³-hybridized carbons (Fsp3) is 0.333. The smallest absolute Gasteiger partial charge is 0.0658 e. The normalized spacial score (nSPS) is 11.6. The van der Waals surface area contributed by atoms with Gasteiger partial charge in [0.05, 0.1) is 22.8 Å². The summed E-state index contributed by atoms with van der Waals surface area (Å²) in [7, 11) is 0. The molecule has 0 saturated carbocycles. The Labute approximate surface area is 240 Å². The van der Waals surface area contributed by atoms with Gasteiger partial charge in [0.1, 0.15) is 0 Å². The van der Waals surface area contributed by atoms with E-state index in [9.17, 15) is 0 Å². The molecule has 5 rings (SSSR count). The van der Waals surface area contributed by atoms with E-state index in [1.54, 1.807) is 0 Å². The third-order valence-corrected chi connectivity index (χ3v) is 6.36. The number of nitrogens with two attached hydrogens (primary N) is 1. The third-order valence-electron chi connectivity index (χ3n) is 6.36. The fourth-order valence-electron chi connectivity index (χ4n) is 4.40. The molecule has 2 aliphatic heterocycles. The van der Waals surface area contributed by atoms with Crippen LogP contribution in [0.4, 0.5) is 0 Å². The van der Waals surface area contributed by atoms with E-state index in [0.29, 0.717) is 0 Å². The first-order chi connectivity index (χ1) is 18.7. The second-order valence-corrected chi connectivity index (χ2v) is 9.58. The largest absolute Gasteiger partial charge is 0.355 e. The molecule has 0 radical (unpaired) electrons. The molecular weight excluding hydrogens is 531 g/mol. The zero-order valence-corrected chi connectivity index (χ0v) is 23.6. The molecule has 0 atom stereocenters. The monoisotopic (exact) mass is 570 g/mol. The maximum atomic E-state index is 5.01. The van der Waals surface area contributed by atoms with Crippen LogP contribution in [0.2, 0.25) is 0 Å². The van der Waals surface area contributed by atoms with Gasteiger partial charge in [-0.1, -0.05) is 51.9 Å². The van der Waals surface area contributed by atoms with Crippen molar-refractivity contribution in [2.45, 2.75) is 58.3 Å². The first kappa shape index (κ1) is 30.5. The first-order valence-corrected chi connectivity index (χ1v) is 13.7. The van der Waals surface area contributed by atoms with Gasteiger partial charge < -0.3 is 9.97 Å². The first-order valence-electron chi connectivity index (χ1n) is 13.7. The molecular formula is C30H40N8Ni. The Morgan fingerprint density at radius 3 is 1.38 bits per heavy atom. The maximum absolute atomic E-state index is 5.01. The zero-order chi connectivity index (χ0) is 26.4. The van der Waals surface area contributed by atoms with Gasteiger partial charge >= 0.3 is 0 Å². The summed E-state index contributed by atoms with van der Waals surface area (Å²) < 4.78 is 0. The Balaban J connectivity index is 0.000000245. The standard InChI is InChI=1S/C20H14N4.C10H26N4.Ni/c1-2-14-10-16-5-6-18(23-16)12-20-8-7-19(24-20)11-17-4-3-15(22-17)9-13(1)21-14;1-2-3-4-5-6-7-8-9-10-12-14-13-11;/h1-12,21,24H;12-14H,2-11H2,1H3;. The van der Waals surface area contributed by atoms with Gasteiger partial charge in [-0.3, -0.25) is 5.84 Å². The number of nitrogens with one attached hydrogen (secondary N) is 5. The van der Waals surface area contributed by atoms with Crippen molar-refractivity contribution < 1.29 is 16.5 Å². The second kappa shape index (κ2) is 16.8. The van der Waals surface area contributed by atoms with Crippen molar-refractivity contribution in [3.05, 3.63) is 71.3 Å². The van der Waals surface area contributed by atoms with Gasteiger partial charge in [-0.25, -0.2) is 15.4 Å². The second-order valence-electron chi connectivity index (χ2n) is 9.58. The predicted molar refractivity (Wildman–Crippen MR) is 160 cm³/mol. The van der Waals surface area contributed by atoms with E-state index in [1.165, 1.54) is 51.4 Å². The van der Waals surface area contributed by atoms with Crippen LogP contribution in [0, 0.1) is 0 Å². The van der Waals surface area contributed by atoms with Gasteiger partial charge in [0.2, 0.25) is 0 Å². The molecule has 0 fully saturated rings. The molecule has 7 N–H and O–H groups in total. The van der Waals surface area contributed by atoms with E-state index in [1.807, 2.05) is 48.6 Å². The molecule has 0 aliphatic carbocycles. The maximum Gasteiger partial charge on any atom is 0.0658 e. The number of hydrogen-bond acceptors (Lipinski definition) is 6. The van der Waals surface area contributed by atoms with Crippen LogP contribution in [0.3, 0.4) is 0 Å². The number of hydrogen-bond donors (Lipinski definition) is 6. The molecule has 0 saturated heterocycles. The molecule has 0 aromatic carbocycles. The van der Waals surface area contributed by atoms with Crippen LogP contribution in [0.15, 0.2) is 48.5 Å². The van der Waals surface area contributed by atoms with Crippen molar-refractivity contribution in [1.29, 1.82) is 0 Å². The van der Waals surface area contributed by atoms with Crippen molar-refractivity contribution >= 4 is 46.4 Å². The van der Waals surface area contributed by atoms with Crippen molar-refractivity contribution in [3.8, 4) is 0 Å². The Morgan fingerprint density at radius 2 is 1.00 bits per heavy atom. The molecule has 3 aromatic rings. The molecule has 0 unspecified atom stereocenters. The number of aromatic nitrogens is 4. The van der Waals surface area contributed by atoms with Crippen molar-refractivity contribution in [3.63, 3.8) is 0 Å². The fourth-order valence-corrected chi connectivity index (χ4v) is 4.40. The van der Waals surface area contributed by atoms with Gasteiger partial charge in [-0.05, 0) is 79.3 Å². The summed E-state index contributed by atoms with van der Waals surface area (Å²) in [5.74, 6) is 5.01. The van der Waals surface area contributed by atoms with Gasteiger partial charge in [-0.15, -0.1) is 0 Å². The summed E-state index contributed by atoms with van der Waals surface area (Å²) in [6.07, 6.45) is 18.9. The Kier molecular flexibility index (Phi) is 13.1. The Morgan fingerprint density at radius 1 is 0.615 bits per heavy atom. The Bertz CT molecular complexity index is 1190. The van der Waals surface area contributed by atoms with Crippen LogP contribution in [0.25, 0.3) is 46.4 Å². The summed E-state index contributed by atoms with van der Waals surface area (Å²) >= 11 is 0. The molecule has 210 valence electrons. The predicted octanol–water partition coefficient (Wildman–Crippen LogP) is 6.25. The SMILES string of the molecule is C1=Cc2cc3ccc(cc4nc(cc5ccc(cc1n2)[nH]5)C=C4)[nH]3.CCCCCCCCCCNNNN.[Ni]. The summed E-state index contributed by atoms with van der Waals surface area (Å²) in [6, 6.07) is 16.4. The number of fused-ring (bicyclic) bond motifs is 8. The summed E-state index contributed by atoms with van der Waals surface area (Å²) in [6.45, 7) is 3.23. The minimum absolute atomic E-state index is 0. The third kappa shape index (κ3) is 10.5. The van der Waals surface area contributed by atoms with E-state index in [2.05, 4.69) is 67.6 Å². The number of rotatable bonds is 11. The molecule has 8 bridgehead atoms. The summed E-state index contributed by atoms with van der Waals surface area (Å²) in [5.41, 5.74) is 15.8. The van der Waals surface area contributed by atoms with Crippen LogP contribution < -0.4 is 22.3 Å². The molecule has 0 amide bonds. The minimum atomic E-state index is 0. The number of hydrazine groups is 3. The number of unbranched alkanes of at least 4 members (excludes halogenated alkanes) is 7. The zero-order valence-electron chi connectivity index (χ0n) is 22.6. The van der Waals surface area contributed by atoms with Crippen LogP contribution in [0.5, 0.6) is 0 Å². The van der Waals surface area contributed by atoms with E-state index >= 15 is 0 Å². The topological polar surface area (TPSA) is 119 Å². The Hall–Kier alpha value is -3.07. The minimum Gasteiger partial charge on any atom is -0.355 e. The average molecular weight is 571 g/mol. The van der Waals surface area contributed by atoms with Crippen LogP contribution in [0.1, 0.15) is 81.1 Å². The number of aromatic amines is 2. The average Bonchev–Trinajstić information content (AvgIpc) is 3.72. The molecule has 5 heterocycles. The van der Waals surface area contributed by atoms with Crippen molar-refractivity contribution in [2.24, 2.45) is 5.84 Å². The van der Waals surface area contributed by atoms with E-state index in [-0.39, 0.29) is 16.5 Å². The van der Waals surface area contributed by atoms with Crippen molar-refractivity contribution in [1.82, 2.24) is 36.4 Å². The molecule has 2 aliphatic rings. The van der Waals surface area contributed by atoms with Crippen LogP contribution in [-0.4, -0.2) is 26.5 Å². The van der Waals surface area contributed by atoms with Gasteiger partial charge in [0, 0.05) is 45.1 Å².